The van der Waals surface area contributed by atoms with Crippen LogP contribution in [-0.2, 0) is 4.74 Å². The number of methoxy groups -OCH3 is 1. The second-order valence-corrected chi connectivity index (χ2v) is 5.25. The zero-order valence-corrected chi connectivity index (χ0v) is 11.8. The van der Waals surface area contributed by atoms with Crippen LogP contribution in [0.5, 0.6) is 0 Å². The highest BCUT2D eigenvalue weighted by atomic mass is 35.5. The monoisotopic (exact) mass is 298 g/mol. The first-order valence-corrected chi connectivity index (χ1v) is 6.62. The Bertz CT molecular complexity index is 538. The fourth-order valence-electron chi connectivity index (χ4n) is 2.16. The molecular weight excluding hydrogens is 284 g/mol. The van der Waals surface area contributed by atoms with Gasteiger partial charge in [0.15, 0.2) is 0 Å². The average Bonchev–Trinajstić information content (AvgIpc) is 2.37. The number of nitro groups is 1. The number of nitrogens with zero attached hydrogens (tertiary/aromatic N) is 1. The summed E-state index contributed by atoms with van der Waals surface area (Å²) < 4.78 is 5.40. The highest BCUT2D eigenvalue weighted by Gasteiger charge is 2.37. The molecule has 0 spiro atoms. The number of hydrogen-bond acceptors (Lipinski definition) is 4. The number of nitrogens with one attached hydrogen (secondary N) is 1. The third kappa shape index (κ3) is 2.91. The Morgan fingerprint density at radius 2 is 2.25 bits per heavy atom. The van der Waals surface area contributed by atoms with Crippen LogP contribution in [0.1, 0.15) is 29.6 Å². The molecule has 1 fully saturated rings. The minimum Gasteiger partial charge on any atom is -0.376 e. The van der Waals surface area contributed by atoms with Crippen LogP contribution in [-0.4, -0.2) is 30.1 Å². The highest BCUT2D eigenvalue weighted by molar-refractivity contribution is 6.33. The van der Waals surface area contributed by atoms with E-state index in [-0.39, 0.29) is 22.2 Å². The van der Waals surface area contributed by atoms with Crippen molar-refractivity contribution in [3.63, 3.8) is 0 Å². The Morgan fingerprint density at radius 1 is 1.55 bits per heavy atom. The van der Waals surface area contributed by atoms with Crippen molar-refractivity contribution in [3.8, 4) is 0 Å². The van der Waals surface area contributed by atoms with Crippen molar-refractivity contribution < 1.29 is 14.5 Å². The SMILES string of the molecule is COC1(CNC(=O)c2ccc([N+](=O)[O-])c(Cl)c2)CCC1. The number of carbonyl (C=O) groups excluding carboxylic acids is 1. The van der Waals surface area contributed by atoms with Gasteiger partial charge in [-0.3, -0.25) is 14.9 Å². The Balaban J connectivity index is 2.02. The molecule has 6 nitrogen and oxygen atoms in total. The van der Waals surface area contributed by atoms with Crippen LogP contribution in [0, 0.1) is 10.1 Å². The predicted octanol–water partition coefficient (Wildman–Crippen LogP) is 2.55. The summed E-state index contributed by atoms with van der Waals surface area (Å²) in [6.45, 7) is 0.428. The molecule has 0 atom stereocenters. The first-order valence-electron chi connectivity index (χ1n) is 6.25. The van der Waals surface area contributed by atoms with E-state index in [9.17, 15) is 14.9 Å². The number of hydrogen-bond donors (Lipinski definition) is 1. The van der Waals surface area contributed by atoms with Crippen LogP contribution in [0.2, 0.25) is 5.02 Å². The number of rotatable bonds is 5. The van der Waals surface area contributed by atoms with E-state index in [4.69, 9.17) is 16.3 Å². The highest BCUT2D eigenvalue weighted by Crippen LogP contribution is 2.34. The van der Waals surface area contributed by atoms with Crippen molar-refractivity contribution in [1.82, 2.24) is 5.32 Å². The van der Waals surface area contributed by atoms with Crippen molar-refractivity contribution in [2.24, 2.45) is 0 Å². The Kier molecular flexibility index (Phi) is 4.25. The summed E-state index contributed by atoms with van der Waals surface area (Å²) in [5.74, 6) is -0.315. The maximum atomic E-state index is 12.0. The summed E-state index contributed by atoms with van der Waals surface area (Å²) in [4.78, 5) is 22.0. The van der Waals surface area contributed by atoms with Gasteiger partial charge in [-0.1, -0.05) is 11.6 Å². The van der Waals surface area contributed by atoms with Crippen LogP contribution in [0.4, 0.5) is 5.69 Å². The van der Waals surface area contributed by atoms with Crippen LogP contribution in [0.25, 0.3) is 0 Å². The van der Waals surface area contributed by atoms with E-state index >= 15 is 0 Å². The topological polar surface area (TPSA) is 81.5 Å². The molecule has 1 aliphatic carbocycles. The number of amides is 1. The van der Waals surface area contributed by atoms with Gasteiger partial charge in [0.05, 0.1) is 10.5 Å². The summed E-state index contributed by atoms with van der Waals surface area (Å²) in [5.41, 5.74) is -0.179. The van der Waals surface area contributed by atoms with Gasteiger partial charge in [0, 0.05) is 25.3 Å². The van der Waals surface area contributed by atoms with Gasteiger partial charge in [-0.15, -0.1) is 0 Å². The molecule has 7 heteroatoms. The lowest BCUT2D eigenvalue weighted by Crippen LogP contribution is -2.49. The van der Waals surface area contributed by atoms with Gasteiger partial charge in [-0.2, -0.15) is 0 Å². The summed E-state index contributed by atoms with van der Waals surface area (Å²) in [5, 5.41) is 13.4. The van der Waals surface area contributed by atoms with Gasteiger partial charge in [0.2, 0.25) is 0 Å². The lowest BCUT2D eigenvalue weighted by Gasteiger charge is -2.40. The van der Waals surface area contributed by atoms with Crippen LogP contribution in [0.15, 0.2) is 18.2 Å². The lowest BCUT2D eigenvalue weighted by molar-refractivity contribution is -0.384. The zero-order chi connectivity index (χ0) is 14.8. The molecule has 1 saturated carbocycles. The van der Waals surface area contributed by atoms with Crippen molar-refractivity contribution >= 4 is 23.2 Å². The maximum Gasteiger partial charge on any atom is 0.287 e. The van der Waals surface area contributed by atoms with E-state index in [1.54, 1.807) is 7.11 Å². The summed E-state index contributed by atoms with van der Waals surface area (Å²) in [7, 11) is 1.63. The Morgan fingerprint density at radius 3 is 2.70 bits per heavy atom. The number of benzene rings is 1. The molecular formula is C13H15ClN2O4. The molecule has 0 radical (unpaired) electrons. The predicted molar refractivity (Wildman–Crippen MR) is 74.0 cm³/mol. The molecule has 0 unspecified atom stereocenters. The molecule has 0 aromatic heterocycles. The molecule has 1 amide bonds. The van der Waals surface area contributed by atoms with Gasteiger partial charge >= 0.3 is 0 Å². The van der Waals surface area contributed by atoms with E-state index in [0.717, 1.165) is 19.3 Å². The zero-order valence-electron chi connectivity index (χ0n) is 11.0. The standard InChI is InChI=1S/C13H15ClN2O4/c1-20-13(5-2-6-13)8-15-12(17)9-3-4-11(16(18)19)10(14)7-9/h3-4,7H,2,5-6,8H2,1H3,(H,15,17). The summed E-state index contributed by atoms with van der Waals surface area (Å²) in [6.07, 6.45) is 2.93. The minimum absolute atomic E-state index is 0.0484. The van der Waals surface area contributed by atoms with Gasteiger partial charge in [-0.05, 0) is 31.4 Å². The fourth-order valence-corrected chi connectivity index (χ4v) is 2.41. The van der Waals surface area contributed by atoms with Crippen molar-refractivity contribution in [3.05, 3.63) is 38.9 Å². The quantitative estimate of drug-likeness (QED) is 0.669. The average molecular weight is 299 g/mol. The first kappa shape index (κ1) is 14.7. The molecule has 1 aromatic rings. The minimum atomic E-state index is -0.585. The first-order chi connectivity index (χ1) is 9.47. The third-order valence-electron chi connectivity index (χ3n) is 3.68. The summed E-state index contributed by atoms with van der Waals surface area (Å²) in [6, 6.07) is 3.92. The number of ether oxygens (including phenoxy) is 1. The molecule has 1 aliphatic rings. The summed E-state index contributed by atoms with van der Waals surface area (Å²) >= 11 is 5.78. The van der Waals surface area contributed by atoms with E-state index < -0.39 is 4.92 Å². The van der Waals surface area contributed by atoms with Gasteiger partial charge in [0.1, 0.15) is 5.02 Å². The normalized spacial score (nSPS) is 16.3. The van der Waals surface area contributed by atoms with Gasteiger partial charge in [0.25, 0.3) is 11.6 Å². The second-order valence-electron chi connectivity index (χ2n) is 4.85. The van der Waals surface area contributed by atoms with Crippen molar-refractivity contribution in [1.29, 1.82) is 0 Å². The Hall–Kier alpha value is -1.66. The molecule has 0 bridgehead atoms. The van der Waals surface area contributed by atoms with E-state index in [1.807, 2.05) is 0 Å². The molecule has 0 saturated heterocycles. The van der Waals surface area contributed by atoms with E-state index in [2.05, 4.69) is 5.32 Å². The van der Waals surface area contributed by atoms with E-state index in [0.29, 0.717) is 12.1 Å². The molecule has 20 heavy (non-hydrogen) atoms. The van der Waals surface area contributed by atoms with Gasteiger partial charge in [-0.25, -0.2) is 0 Å². The fraction of sp³-hybridized carbons (Fsp3) is 0.462. The molecule has 0 heterocycles. The second kappa shape index (κ2) is 5.76. The number of halogens is 1. The number of nitro benzene ring substituents is 1. The van der Waals surface area contributed by atoms with E-state index in [1.165, 1.54) is 18.2 Å². The van der Waals surface area contributed by atoms with Gasteiger partial charge < -0.3 is 10.1 Å². The van der Waals surface area contributed by atoms with Crippen LogP contribution < -0.4 is 5.32 Å². The van der Waals surface area contributed by atoms with Crippen LogP contribution in [0.3, 0.4) is 0 Å². The largest absolute Gasteiger partial charge is 0.376 e. The lowest BCUT2D eigenvalue weighted by atomic mass is 9.80. The molecule has 1 N–H and O–H groups in total. The van der Waals surface area contributed by atoms with Crippen LogP contribution >= 0.6 is 11.6 Å². The number of carbonyl (C=O) groups is 1. The molecule has 0 aliphatic heterocycles. The van der Waals surface area contributed by atoms with Crippen molar-refractivity contribution in [2.75, 3.05) is 13.7 Å². The molecule has 108 valence electrons. The smallest absolute Gasteiger partial charge is 0.287 e. The third-order valence-corrected chi connectivity index (χ3v) is 3.98. The van der Waals surface area contributed by atoms with Crippen molar-refractivity contribution in [2.45, 2.75) is 24.9 Å². The Labute approximate surface area is 121 Å². The maximum absolute atomic E-state index is 12.0. The molecule has 1 aromatic carbocycles. The molecule has 2 rings (SSSR count).